The average Bonchev–Trinajstić information content (AvgIpc) is 3.24. The Bertz CT molecular complexity index is 1210. The van der Waals surface area contributed by atoms with Crippen LogP contribution in [0.1, 0.15) is 16.8 Å². The first-order valence-electron chi connectivity index (χ1n) is 9.37. The zero-order chi connectivity index (χ0) is 20.2. The lowest BCUT2D eigenvalue weighted by atomic mass is 10.1. The van der Waals surface area contributed by atoms with Crippen LogP contribution in [-0.4, -0.2) is 25.5 Å². The second-order valence-corrected chi connectivity index (χ2v) is 6.90. The normalized spacial score (nSPS) is 10.9. The van der Waals surface area contributed by atoms with E-state index in [1.54, 1.807) is 19.3 Å². The van der Waals surface area contributed by atoms with E-state index in [9.17, 15) is 9.59 Å². The largest absolute Gasteiger partial charge is 0.352 e. The standard InChI is InChI=1S/C22H21N5O2/c1-26-22(29)19-9-3-2-8-18(19)20(25-26)13-21(28)23-14-16-6-4-7-17(12-16)15-27-11-5-10-24-27/h2-12H,13-15H2,1H3,(H,23,28). The highest BCUT2D eigenvalue weighted by atomic mass is 16.1. The molecule has 0 bridgehead atoms. The summed E-state index contributed by atoms with van der Waals surface area (Å²) in [5.74, 6) is -0.140. The first kappa shape index (κ1) is 18.6. The predicted octanol–water partition coefficient (Wildman–Crippen LogP) is 2.04. The average molecular weight is 387 g/mol. The van der Waals surface area contributed by atoms with E-state index in [1.165, 1.54) is 4.68 Å². The maximum Gasteiger partial charge on any atom is 0.274 e. The van der Waals surface area contributed by atoms with Gasteiger partial charge in [0, 0.05) is 31.4 Å². The van der Waals surface area contributed by atoms with Gasteiger partial charge >= 0.3 is 0 Å². The molecule has 0 aliphatic carbocycles. The first-order valence-corrected chi connectivity index (χ1v) is 9.37. The second kappa shape index (κ2) is 8.10. The van der Waals surface area contributed by atoms with E-state index in [0.717, 1.165) is 11.1 Å². The van der Waals surface area contributed by atoms with Crippen LogP contribution in [0.25, 0.3) is 10.8 Å². The number of nitrogens with one attached hydrogen (secondary N) is 1. The molecule has 0 radical (unpaired) electrons. The molecule has 7 nitrogen and oxygen atoms in total. The zero-order valence-corrected chi connectivity index (χ0v) is 16.1. The number of hydrogen-bond donors (Lipinski definition) is 1. The first-order chi connectivity index (χ1) is 14.1. The SMILES string of the molecule is Cn1nc(CC(=O)NCc2cccc(Cn3cccn3)c2)c2ccccc2c1=O. The smallest absolute Gasteiger partial charge is 0.274 e. The molecule has 1 amide bonds. The van der Waals surface area contributed by atoms with Gasteiger partial charge in [-0.25, -0.2) is 4.68 Å². The monoisotopic (exact) mass is 387 g/mol. The highest BCUT2D eigenvalue weighted by Gasteiger charge is 2.12. The van der Waals surface area contributed by atoms with Gasteiger partial charge in [-0.2, -0.15) is 10.2 Å². The van der Waals surface area contributed by atoms with E-state index >= 15 is 0 Å². The fourth-order valence-electron chi connectivity index (χ4n) is 3.34. The molecule has 146 valence electrons. The van der Waals surface area contributed by atoms with E-state index in [0.29, 0.717) is 29.6 Å². The summed E-state index contributed by atoms with van der Waals surface area (Å²) in [7, 11) is 1.60. The Labute approximate surface area is 167 Å². The molecule has 0 spiro atoms. The number of fused-ring (bicyclic) bond motifs is 1. The van der Waals surface area contributed by atoms with Gasteiger partial charge in [0.2, 0.25) is 5.91 Å². The Balaban J connectivity index is 1.44. The molecular formula is C22H21N5O2. The lowest BCUT2D eigenvalue weighted by Crippen LogP contribution is -2.27. The molecule has 7 heteroatoms. The van der Waals surface area contributed by atoms with Gasteiger partial charge < -0.3 is 5.32 Å². The minimum Gasteiger partial charge on any atom is -0.352 e. The van der Waals surface area contributed by atoms with Gasteiger partial charge in [-0.3, -0.25) is 14.3 Å². The number of benzene rings is 2. The van der Waals surface area contributed by atoms with Crippen LogP contribution in [0.3, 0.4) is 0 Å². The van der Waals surface area contributed by atoms with Crippen molar-refractivity contribution in [3.8, 4) is 0 Å². The maximum absolute atomic E-state index is 12.5. The number of hydrogen-bond acceptors (Lipinski definition) is 4. The molecule has 0 saturated carbocycles. The molecule has 0 aliphatic heterocycles. The summed E-state index contributed by atoms with van der Waals surface area (Å²) in [5.41, 5.74) is 2.55. The van der Waals surface area contributed by atoms with Crippen molar-refractivity contribution in [2.45, 2.75) is 19.5 Å². The van der Waals surface area contributed by atoms with E-state index in [2.05, 4.69) is 21.6 Å². The van der Waals surface area contributed by atoms with Crippen molar-refractivity contribution < 1.29 is 4.79 Å². The number of aryl methyl sites for hydroxylation is 1. The molecule has 2 heterocycles. The van der Waals surface area contributed by atoms with Crippen molar-refractivity contribution in [2.75, 3.05) is 0 Å². The molecule has 0 unspecified atom stereocenters. The van der Waals surface area contributed by atoms with E-state index < -0.39 is 0 Å². The number of nitrogens with zero attached hydrogens (tertiary/aromatic N) is 4. The Morgan fingerprint density at radius 3 is 2.62 bits per heavy atom. The van der Waals surface area contributed by atoms with Crippen LogP contribution in [0.4, 0.5) is 0 Å². The quantitative estimate of drug-likeness (QED) is 0.549. The molecule has 29 heavy (non-hydrogen) atoms. The van der Waals surface area contributed by atoms with Gasteiger partial charge in [0.05, 0.1) is 24.0 Å². The molecule has 2 aromatic carbocycles. The van der Waals surface area contributed by atoms with Crippen LogP contribution in [0.2, 0.25) is 0 Å². The van der Waals surface area contributed by atoms with Crippen molar-refractivity contribution in [3.63, 3.8) is 0 Å². The molecule has 0 fully saturated rings. The summed E-state index contributed by atoms with van der Waals surface area (Å²) in [6.07, 6.45) is 3.78. The lowest BCUT2D eigenvalue weighted by Gasteiger charge is -2.10. The molecule has 0 atom stereocenters. The van der Waals surface area contributed by atoms with Crippen molar-refractivity contribution >= 4 is 16.7 Å². The third kappa shape index (κ3) is 4.24. The number of amides is 1. The highest BCUT2D eigenvalue weighted by Crippen LogP contribution is 2.13. The van der Waals surface area contributed by atoms with Crippen molar-refractivity contribution in [2.24, 2.45) is 7.05 Å². The van der Waals surface area contributed by atoms with Crippen molar-refractivity contribution in [1.29, 1.82) is 0 Å². The van der Waals surface area contributed by atoms with E-state index in [-0.39, 0.29) is 17.9 Å². The number of carbonyl (C=O) groups is 1. The van der Waals surface area contributed by atoms with Gasteiger partial charge in [0.25, 0.3) is 5.56 Å². The molecular weight excluding hydrogens is 366 g/mol. The minimum atomic E-state index is -0.168. The predicted molar refractivity (Wildman–Crippen MR) is 110 cm³/mol. The Morgan fingerprint density at radius 1 is 1.03 bits per heavy atom. The summed E-state index contributed by atoms with van der Waals surface area (Å²) < 4.78 is 3.14. The third-order valence-electron chi connectivity index (χ3n) is 4.75. The van der Waals surface area contributed by atoms with Crippen LogP contribution in [0.5, 0.6) is 0 Å². The van der Waals surface area contributed by atoms with E-state index in [1.807, 2.05) is 53.3 Å². The van der Waals surface area contributed by atoms with Crippen LogP contribution in [-0.2, 0) is 31.4 Å². The molecule has 0 aliphatic rings. The van der Waals surface area contributed by atoms with Gasteiger partial charge in [-0.15, -0.1) is 0 Å². The highest BCUT2D eigenvalue weighted by molar-refractivity contribution is 5.88. The fraction of sp³-hybridized carbons (Fsp3) is 0.182. The van der Waals surface area contributed by atoms with Gasteiger partial charge in [-0.05, 0) is 23.3 Å². The van der Waals surface area contributed by atoms with Crippen molar-refractivity contribution in [1.82, 2.24) is 24.9 Å². The van der Waals surface area contributed by atoms with Crippen LogP contribution < -0.4 is 10.9 Å². The number of carbonyl (C=O) groups excluding carboxylic acids is 1. The number of rotatable bonds is 6. The number of aromatic nitrogens is 4. The van der Waals surface area contributed by atoms with Gasteiger partial charge in [0.1, 0.15) is 0 Å². The Hall–Kier alpha value is -3.74. The topological polar surface area (TPSA) is 81.8 Å². The summed E-state index contributed by atoms with van der Waals surface area (Å²) >= 11 is 0. The van der Waals surface area contributed by atoms with Crippen molar-refractivity contribution in [3.05, 3.63) is 94.2 Å². The second-order valence-electron chi connectivity index (χ2n) is 6.90. The Kier molecular flexibility index (Phi) is 5.20. The molecule has 0 saturated heterocycles. The van der Waals surface area contributed by atoms with Crippen LogP contribution in [0, 0.1) is 0 Å². The van der Waals surface area contributed by atoms with E-state index in [4.69, 9.17) is 0 Å². The third-order valence-corrected chi connectivity index (χ3v) is 4.75. The van der Waals surface area contributed by atoms with Gasteiger partial charge in [-0.1, -0.05) is 42.5 Å². The van der Waals surface area contributed by atoms with Crippen LogP contribution in [0.15, 0.2) is 71.8 Å². The minimum absolute atomic E-state index is 0.113. The lowest BCUT2D eigenvalue weighted by molar-refractivity contribution is -0.120. The fourth-order valence-corrected chi connectivity index (χ4v) is 3.34. The summed E-state index contributed by atoms with van der Waals surface area (Å²) in [6, 6.07) is 17.2. The molecule has 4 rings (SSSR count). The molecule has 2 aromatic heterocycles. The summed E-state index contributed by atoms with van der Waals surface area (Å²) in [6.45, 7) is 1.11. The summed E-state index contributed by atoms with van der Waals surface area (Å²) in [5, 5.41) is 12.7. The Morgan fingerprint density at radius 2 is 1.83 bits per heavy atom. The molecule has 1 N–H and O–H groups in total. The summed E-state index contributed by atoms with van der Waals surface area (Å²) in [4.78, 5) is 24.7. The van der Waals surface area contributed by atoms with Gasteiger partial charge in [0.15, 0.2) is 0 Å². The molecule has 4 aromatic rings. The van der Waals surface area contributed by atoms with Crippen LogP contribution >= 0.6 is 0 Å². The maximum atomic E-state index is 12.5. The zero-order valence-electron chi connectivity index (χ0n) is 16.1.